The standard InChI is InChI=1S/C12H20N2OS/c1-8-9(2)15-12(14-8)16-7-6-10-4-3-5-11(10)13/h10-11H,3-7,13H2,1-2H3. The predicted octanol–water partition coefficient (Wildman–Crippen LogP) is 2.90. The summed E-state index contributed by atoms with van der Waals surface area (Å²) in [4.78, 5) is 4.36. The van der Waals surface area contributed by atoms with E-state index in [0.29, 0.717) is 12.0 Å². The van der Waals surface area contributed by atoms with Gasteiger partial charge in [0.15, 0.2) is 0 Å². The zero-order chi connectivity index (χ0) is 11.5. The van der Waals surface area contributed by atoms with Gasteiger partial charge < -0.3 is 10.2 Å². The lowest BCUT2D eigenvalue weighted by Gasteiger charge is -2.13. The molecule has 90 valence electrons. The smallest absolute Gasteiger partial charge is 0.256 e. The third kappa shape index (κ3) is 2.80. The van der Waals surface area contributed by atoms with Gasteiger partial charge in [0.25, 0.3) is 5.22 Å². The second-order valence-corrected chi connectivity index (χ2v) is 5.66. The van der Waals surface area contributed by atoms with Gasteiger partial charge in [0, 0.05) is 11.8 Å². The Kier molecular flexibility index (Phi) is 3.92. The Hall–Kier alpha value is -0.480. The maximum Gasteiger partial charge on any atom is 0.256 e. The number of oxazole rings is 1. The molecular weight excluding hydrogens is 220 g/mol. The van der Waals surface area contributed by atoms with Gasteiger partial charge in [-0.2, -0.15) is 0 Å². The molecule has 2 atom stereocenters. The highest BCUT2D eigenvalue weighted by molar-refractivity contribution is 7.99. The fourth-order valence-corrected chi connectivity index (χ4v) is 3.21. The largest absolute Gasteiger partial charge is 0.437 e. The third-order valence-corrected chi connectivity index (χ3v) is 4.30. The number of aromatic nitrogens is 1. The van der Waals surface area contributed by atoms with Crippen molar-refractivity contribution in [1.82, 2.24) is 4.98 Å². The van der Waals surface area contributed by atoms with Crippen LogP contribution in [0.4, 0.5) is 0 Å². The van der Waals surface area contributed by atoms with Gasteiger partial charge >= 0.3 is 0 Å². The summed E-state index contributed by atoms with van der Waals surface area (Å²) in [6.07, 6.45) is 4.98. The van der Waals surface area contributed by atoms with Crippen molar-refractivity contribution >= 4 is 11.8 Å². The van der Waals surface area contributed by atoms with Crippen LogP contribution >= 0.6 is 11.8 Å². The van der Waals surface area contributed by atoms with Crippen molar-refractivity contribution in [2.75, 3.05) is 5.75 Å². The summed E-state index contributed by atoms with van der Waals surface area (Å²) in [6, 6.07) is 0.425. The molecule has 1 fully saturated rings. The van der Waals surface area contributed by atoms with E-state index in [2.05, 4.69) is 4.98 Å². The summed E-state index contributed by atoms with van der Waals surface area (Å²) in [5.41, 5.74) is 7.04. The lowest BCUT2D eigenvalue weighted by molar-refractivity contribution is 0.429. The molecule has 0 saturated heterocycles. The van der Waals surface area contributed by atoms with Crippen LogP contribution < -0.4 is 5.73 Å². The first kappa shape index (κ1) is 12.0. The zero-order valence-electron chi connectivity index (χ0n) is 10.0. The third-order valence-electron chi connectivity index (χ3n) is 3.44. The summed E-state index contributed by atoms with van der Waals surface area (Å²) in [5, 5.41) is 0.807. The minimum absolute atomic E-state index is 0.425. The molecule has 0 aromatic carbocycles. The Morgan fingerprint density at radius 3 is 2.81 bits per heavy atom. The van der Waals surface area contributed by atoms with Gasteiger partial charge in [0.2, 0.25) is 0 Å². The van der Waals surface area contributed by atoms with Gasteiger partial charge in [-0.05, 0) is 39.0 Å². The van der Waals surface area contributed by atoms with E-state index in [1.807, 2.05) is 13.8 Å². The van der Waals surface area contributed by atoms with Crippen LogP contribution in [0.1, 0.15) is 37.1 Å². The molecule has 2 unspecified atom stereocenters. The minimum atomic E-state index is 0.425. The van der Waals surface area contributed by atoms with E-state index in [-0.39, 0.29) is 0 Å². The quantitative estimate of drug-likeness (QED) is 0.822. The number of rotatable bonds is 4. The zero-order valence-corrected chi connectivity index (χ0v) is 10.8. The maximum atomic E-state index is 6.04. The molecule has 1 aromatic heterocycles. The maximum absolute atomic E-state index is 6.04. The molecule has 1 aliphatic rings. The number of hydrogen-bond acceptors (Lipinski definition) is 4. The topological polar surface area (TPSA) is 52.0 Å². The summed E-state index contributed by atoms with van der Waals surface area (Å²) in [6.45, 7) is 3.94. The molecule has 0 spiro atoms. The highest BCUT2D eigenvalue weighted by atomic mass is 32.2. The van der Waals surface area contributed by atoms with Crippen LogP contribution in [0.2, 0.25) is 0 Å². The molecule has 0 radical (unpaired) electrons. The molecular formula is C12H20N2OS. The van der Waals surface area contributed by atoms with Gasteiger partial charge in [-0.25, -0.2) is 4.98 Å². The lowest BCUT2D eigenvalue weighted by Crippen LogP contribution is -2.24. The Morgan fingerprint density at radius 2 is 2.25 bits per heavy atom. The van der Waals surface area contributed by atoms with Crippen LogP contribution in [0.15, 0.2) is 9.64 Å². The average molecular weight is 240 g/mol. The number of hydrogen-bond donors (Lipinski definition) is 1. The molecule has 1 heterocycles. The summed E-state index contributed by atoms with van der Waals surface area (Å²) in [7, 11) is 0. The number of nitrogens with zero attached hydrogens (tertiary/aromatic N) is 1. The number of aryl methyl sites for hydroxylation is 2. The van der Waals surface area contributed by atoms with E-state index in [1.54, 1.807) is 11.8 Å². The summed E-state index contributed by atoms with van der Waals surface area (Å²) >= 11 is 1.71. The first-order valence-corrected chi connectivity index (χ1v) is 6.98. The lowest BCUT2D eigenvalue weighted by atomic mass is 10.0. The van der Waals surface area contributed by atoms with Crippen molar-refractivity contribution in [2.45, 2.75) is 50.8 Å². The molecule has 1 aliphatic carbocycles. The fraction of sp³-hybridized carbons (Fsp3) is 0.750. The van der Waals surface area contributed by atoms with E-state index in [9.17, 15) is 0 Å². The SMILES string of the molecule is Cc1nc(SCCC2CCCC2N)oc1C. The molecule has 0 bridgehead atoms. The van der Waals surface area contributed by atoms with E-state index < -0.39 is 0 Å². The minimum Gasteiger partial charge on any atom is -0.437 e. The molecule has 1 saturated carbocycles. The van der Waals surface area contributed by atoms with Crippen LogP contribution in [0.3, 0.4) is 0 Å². The molecule has 1 aromatic rings. The van der Waals surface area contributed by atoms with Gasteiger partial charge in [0.05, 0.1) is 5.69 Å². The molecule has 0 amide bonds. The van der Waals surface area contributed by atoms with Crippen molar-refractivity contribution < 1.29 is 4.42 Å². The van der Waals surface area contributed by atoms with E-state index in [4.69, 9.17) is 10.2 Å². The fourth-order valence-electron chi connectivity index (χ4n) is 2.23. The Bertz CT molecular complexity index is 331. The van der Waals surface area contributed by atoms with Gasteiger partial charge in [0.1, 0.15) is 5.76 Å². The Labute approximate surface area is 101 Å². The van der Waals surface area contributed by atoms with E-state index in [0.717, 1.165) is 22.4 Å². The average Bonchev–Trinajstić information content (AvgIpc) is 2.76. The molecule has 2 rings (SSSR count). The second-order valence-electron chi connectivity index (χ2n) is 4.61. The van der Waals surface area contributed by atoms with Crippen LogP contribution in [-0.2, 0) is 0 Å². The van der Waals surface area contributed by atoms with Crippen molar-refractivity contribution in [3.63, 3.8) is 0 Å². The summed E-state index contributed by atoms with van der Waals surface area (Å²) < 4.78 is 5.53. The Balaban J connectivity index is 1.75. The number of nitrogens with two attached hydrogens (primary N) is 1. The van der Waals surface area contributed by atoms with Gasteiger partial charge in [-0.1, -0.05) is 18.2 Å². The first-order chi connectivity index (χ1) is 7.66. The van der Waals surface area contributed by atoms with Crippen molar-refractivity contribution in [1.29, 1.82) is 0 Å². The first-order valence-electron chi connectivity index (χ1n) is 5.99. The highest BCUT2D eigenvalue weighted by Crippen LogP contribution is 2.29. The van der Waals surface area contributed by atoms with Crippen LogP contribution in [0.5, 0.6) is 0 Å². The van der Waals surface area contributed by atoms with E-state index in [1.165, 1.54) is 25.7 Å². The molecule has 16 heavy (non-hydrogen) atoms. The molecule has 0 aliphatic heterocycles. The van der Waals surface area contributed by atoms with Gasteiger partial charge in [-0.15, -0.1) is 0 Å². The molecule has 4 heteroatoms. The van der Waals surface area contributed by atoms with Crippen LogP contribution in [-0.4, -0.2) is 16.8 Å². The van der Waals surface area contributed by atoms with Crippen LogP contribution in [0, 0.1) is 19.8 Å². The number of thioether (sulfide) groups is 1. The van der Waals surface area contributed by atoms with Crippen molar-refractivity contribution in [3.05, 3.63) is 11.5 Å². The Morgan fingerprint density at radius 1 is 1.44 bits per heavy atom. The van der Waals surface area contributed by atoms with Crippen molar-refractivity contribution in [2.24, 2.45) is 11.7 Å². The second kappa shape index (κ2) is 5.23. The normalized spacial score (nSPS) is 25.2. The van der Waals surface area contributed by atoms with Crippen LogP contribution in [0.25, 0.3) is 0 Å². The molecule has 2 N–H and O–H groups in total. The van der Waals surface area contributed by atoms with Gasteiger partial charge in [-0.3, -0.25) is 0 Å². The highest BCUT2D eigenvalue weighted by Gasteiger charge is 2.23. The molecule has 3 nitrogen and oxygen atoms in total. The van der Waals surface area contributed by atoms with E-state index >= 15 is 0 Å². The monoisotopic (exact) mass is 240 g/mol. The van der Waals surface area contributed by atoms with Crippen molar-refractivity contribution in [3.8, 4) is 0 Å². The summed E-state index contributed by atoms with van der Waals surface area (Å²) in [5.74, 6) is 2.71. The predicted molar refractivity (Wildman–Crippen MR) is 66.6 cm³/mol.